The second-order valence-corrected chi connectivity index (χ2v) is 4.98. The van der Waals surface area contributed by atoms with Crippen LogP contribution in [0.3, 0.4) is 0 Å². The average molecular weight is 251 g/mol. The summed E-state index contributed by atoms with van der Waals surface area (Å²) in [6.45, 7) is 6.65. The maximum absolute atomic E-state index is 11.8. The van der Waals surface area contributed by atoms with Gasteiger partial charge in [-0.3, -0.25) is 4.79 Å². The van der Waals surface area contributed by atoms with Gasteiger partial charge in [0.1, 0.15) is 5.76 Å². The Bertz CT molecular complexity index is 389. The van der Waals surface area contributed by atoms with Crippen molar-refractivity contribution < 1.29 is 9.32 Å². The van der Waals surface area contributed by atoms with E-state index in [-0.39, 0.29) is 5.91 Å². The van der Waals surface area contributed by atoms with Crippen molar-refractivity contribution in [3.8, 4) is 0 Å². The molecule has 1 aliphatic rings. The molecule has 0 bridgehead atoms. The largest absolute Gasteiger partial charge is 0.361 e. The first-order valence-electron chi connectivity index (χ1n) is 6.56. The number of aryl methyl sites for hydroxylation is 2. The molecular weight excluding hydrogens is 230 g/mol. The van der Waals surface area contributed by atoms with Gasteiger partial charge in [0.25, 0.3) is 0 Å². The summed E-state index contributed by atoms with van der Waals surface area (Å²) in [5.41, 5.74) is 1.72. The second-order valence-electron chi connectivity index (χ2n) is 4.98. The van der Waals surface area contributed by atoms with Crippen molar-refractivity contribution in [3.05, 3.63) is 17.0 Å². The Balaban J connectivity index is 1.72. The highest BCUT2D eigenvalue weighted by atomic mass is 16.5. The smallest absolute Gasteiger partial charge is 0.224 e. The summed E-state index contributed by atoms with van der Waals surface area (Å²) in [4.78, 5) is 11.8. The number of nitrogens with zero attached hydrogens (tertiary/aromatic N) is 1. The average Bonchev–Trinajstić information content (AvgIpc) is 2.94. The van der Waals surface area contributed by atoms with Crippen LogP contribution in [0.4, 0.5) is 0 Å². The summed E-state index contributed by atoms with van der Waals surface area (Å²) in [6.07, 6.45) is 2.64. The molecule has 1 amide bonds. The number of hydrogen-bond donors (Lipinski definition) is 2. The highest BCUT2D eigenvalue weighted by molar-refractivity contribution is 5.78. The fourth-order valence-corrected chi connectivity index (χ4v) is 2.35. The van der Waals surface area contributed by atoms with E-state index in [0.717, 1.165) is 43.1 Å². The minimum Gasteiger partial charge on any atom is -0.361 e. The minimum absolute atomic E-state index is 0.0513. The zero-order valence-electron chi connectivity index (χ0n) is 11.1. The molecule has 0 radical (unpaired) electrons. The molecule has 1 unspecified atom stereocenters. The Morgan fingerprint density at radius 3 is 3.00 bits per heavy atom. The van der Waals surface area contributed by atoms with E-state index in [2.05, 4.69) is 15.8 Å². The van der Waals surface area contributed by atoms with Gasteiger partial charge < -0.3 is 15.2 Å². The molecule has 2 heterocycles. The third-order valence-electron chi connectivity index (χ3n) is 3.56. The van der Waals surface area contributed by atoms with Crippen LogP contribution in [0.25, 0.3) is 0 Å². The summed E-state index contributed by atoms with van der Waals surface area (Å²) in [5, 5.41) is 10.1. The third kappa shape index (κ3) is 3.32. The molecule has 1 fully saturated rings. The van der Waals surface area contributed by atoms with Crippen molar-refractivity contribution in [2.45, 2.75) is 33.1 Å². The van der Waals surface area contributed by atoms with Gasteiger partial charge in [-0.15, -0.1) is 0 Å². The van der Waals surface area contributed by atoms with Gasteiger partial charge in [0.15, 0.2) is 0 Å². The molecule has 1 saturated heterocycles. The Kier molecular flexibility index (Phi) is 4.36. The molecule has 2 N–H and O–H groups in total. The van der Waals surface area contributed by atoms with Crippen LogP contribution >= 0.6 is 0 Å². The summed E-state index contributed by atoms with van der Waals surface area (Å²) in [6, 6.07) is 0. The maximum atomic E-state index is 11.8. The van der Waals surface area contributed by atoms with Crippen molar-refractivity contribution in [2.75, 3.05) is 19.6 Å². The molecule has 1 aliphatic heterocycles. The third-order valence-corrected chi connectivity index (χ3v) is 3.56. The molecule has 0 saturated carbocycles. The van der Waals surface area contributed by atoms with Crippen LogP contribution in [0, 0.1) is 19.8 Å². The van der Waals surface area contributed by atoms with Crippen LogP contribution in [-0.4, -0.2) is 30.7 Å². The SMILES string of the molecule is Cc1noc(C)c1CC(=O)NCCC1CCNC1. The number of aromatic nitrogens is 1. The normalized spacial score (nSPS) is 19.1. The molecule has 0 aliphatic carbocycles. The first kappa shape index (κ1) is 13.1. The molecule has 1 aromatic rings. The van der Waals surface area contributed by atoms with Gasteiger partial charge in [0, 0.05) is 12.1 Å². The Morgan fingerprint density at radius 2 is 2.39 bits per heavy atom. The Labute approximate surface area is 107 Å². The first-order chi connectivity index (χ1) is 8.66. The van der Waals surface area contributed by atoms with Crippen molar-refractivity contribution in [1.82, 2.24) is 15.8 Å². The van der Waals surface area contributed by atoms with Crippen molar-refractivity contribution in [1.29, 1.82) is 0 Å². The lowest BCUT2D eigenvalue weighted by atomic mass is 10.1. The molecule has 5 nitrogen and oxygen atoms in total. The summed E-state index contributed by atoms with van der Waals surface area (Å²) < 4.78 is 5.04. The van der Waals surface area contributed by atoms with E-state index in [4.69, 9.17) is 4.52 Å². The minimum atomic E-state index is 0.0513. The fourth-order valence-electron chi connectivity index (χ4n) is 2.35. The lowest BCUT2D eigenvalue weighted by Crippen LogP contribution is -2.28. The van der Waals surface area contributed by atoms with E-state index in [9.17, 15) is 4.79 Å². The van der Waals surface area contributed by atoms with Gasteiger partial charge >= 0.3 is 0 Å². The molecule has 0 aromatic carbocycles. The lowest BCUT2D eigenvalue weighted by Gasteiger charge is -2.09. The van der Waals surface area contributed by atoms with Gasteiger partial charge in [-0.05, 0) is 45.7 Å². The van der Waals surface area contributed by atoms with Gasteiger partial charge in [-0.2, -0.15) is 0 Å². The fraction of sp³-hybridized carbons (Fsp3) is 0.692. The topological polar surface area (TPSA) is 67.2 Å². The molecule has 0 spiro atoms. The highest BCUT2D eigenvalue weighted by Gasteiger charge is 2.16. The molecule has 5 heteroatoms. The molecule has 1 aromatic heterocycles. The van der Waals surface area contributed by atoms with Crippen molar-refractivity contribution in [3.63, 3.8) is 0 Å². The Hall–Kier alpha value is -1.36. The first-order valence-corrected chi connectivity index (χ1v) is 6.56. The van der Waals surface area contributed by atoms with Crippen LogP contribution in [-0.2, 0) is 11.2 Å². The van der Waals surface area contributed by atoms with Gasteiger partial charge in [0.2, 0.25) is 5.91 Å². The van der Waals surface area contributed by atoms with Crippen molar-refractivity contribution in [2.24, 2.45) is 5.92 Å². The van der Waals surface area contributed by atoms with Crippen LogP contribution in [0.15, 0.2) is 4.52 Å². The molecule has 100 valence electrons. The second kappa shape index (κ2) is 6.00. The zero-order valence-corrected chi connectivity index (χ0v) is 11.1. The van der Waals surface area contributed by atoms with Crippen LogP contribution in [0.5, 0.6) is 0 Å². The van der Waals surface area contributed by atoms with E-state index < -0.39 is 0 Å². The molecule has 18 heavy (non-hydrogen) atoms. The van der Waals surface area contributed by atoms with Crippen LogP contribution in [0.1, 0.15) is 29.9 Å². The van der Waals surface area contributed by atoms with E-state index in [1.54, 1.807) is 0 Å². The monoisotopic (exact) mass is 251 g/mol. The summed E-state index contributed by atoms with van der Waals surface area (Å²) >= 11 is 0. The number of amides is 1. The van der Waals surface area contributed by atoms with E-state index in [1.807, 2.05) is 13.8 Å². The maximum Gasteiger partial charge on any atom is 0.224 e. The molecular formula is C13H21N3O2. The van der Waals surface area contributed by atoms with Crippen molar-refractivity contribution >= 4 is 5.91 Å². The van der Waals surface area contributed by atoms with Gasteiger partial charge in [-0.1, -0.05) is 5.16 Å². The molecule has 2 rings (SSSR count). The summed E-state index contributed by atoms with van der Waals surface area (Å²) in [7, 11) is 0. The summed E-state index contributed by atoms with van der Waals surface area (Å²) in [5.74, 6) is 1.50. The zero-order chi connectivity index (χ0) is 13.0. The van der Waals surface area contributed by atoms with Crippen LogP contribution in [0.2, 0.25) is 0 Å². The quantitative estimate of drug-likeness (QED) is 0.817. The number of carbonyl (C=O) groups excluding carboxylic acids is 1. The standard InChI is InChI=1S/C13H21N3O2/c1-9-12(10(2)18-16-9)7-13(17)15-6-4-11-3-5-14-8-11/h11,14H,3-8H2,1-2H3,(H,15,17). The Morgan fingerprint density at radius 1 is 1.56 bits per heavy atom. The highest BCUT2D eigenvalue weighted by Crippen LogP contribution is 2.13. The molecule has 1 atom stereocenters. The number of hydrogen-bond acceptors (Lipinski definition) is 4. The number of nitrogens with one attached hydrogen (secondary N) is 2. The predicted molar refractivity (Wildman–Crippen MR) is 68.3 cm³/mol. The van der Waals surface area contributed by atoms with E-state index in [1.165, 1.54) is 6.42 Å². The predicted octanol–water partition coefficient (Wildman–Crippen LogP) is 0.950. The number of carbonyl (C=O) groups is 1. The van der Waals surface area contributed by atoms with Crippen LogP contribution < -0.4 is 10.6 Å². The lowest BCUT2D eigenvalue weighted by molar-refractivity contribution is -0.120. The van der Waals surface area contributed by atoms with Gasteiger partial charge in [0.05, 0.1) is 12.1 Å². The van der Waals surface area contributed by atoms with E-state index >= 15 is 0 Å². The van der Waals surface area contributed by atoms with E-state index in [0.29, 0.717) is 12.3 Å². The van der Waals surface area contributed by atoms with Gasteiger partial charge in [-0.25, -0.2) is 0 Å². The number of rotatable bonds is 5.